The molecular formula is C4H4N2. The fourth-order valence-corrected chi connectivity index (χ4v) is 0. The van der Waals surface area contributed by atoms with Gasteiger partial charge in [-0.2, -0.15) is 5.26 Å². The van der Waals surface area contributed by atoms with Gasteiger partial charge in [0.2, 0.25) is 0 Å². The first-order valence-corrected chi connectivity index (χ1v) is 1.18. The number of hydrogen-bond donors (Lipinski definition) is 0. The van der Waals surface area contributed by atoms with Crippen molar-refractivity contribution in [1.29, 1.82) is 10.5 Å². The third-order valence-electron chi connectivity index (χ3n) is 0.0913. The standard InChI is InChI=1S/C3H3N.CHN/c1-2-3-4;1-2/h2H,1H2;1H. The first-order valence-electron chi connectivity index (χ1n) is 1.18. The molecule has 0 aliphatic heterocycles. The van der Waals surface area contributed by atoms with Crippen molar-refractivity contribution in [2.24, 2.45) is 0 Å². The second kappa shape index (κ2) is 53.1. The molecule has 0 heterocycles. The largest absolute Gasteiger partial charge is 0.202 e. The molecule has 0 N–H and O–H groups in total. The molecule has 0 aromatic rings. The van der Waals surface area contributed by atoms with Crippen LogP contribution >= 0.6 is 0 Å². The van der Waals surface area contributed by atoms with Gasteiger partial charge in [-0.15, -0.1) is 0 Å². The fourth-order valence-electron chi connectivity index (χ4n) is 0. The maximum atomic E-state index is 7.51. The third kappa shape index (κ3) is 103. The van der Waals surface area contributed by atoms with E-state index in [1.807, 2.05) is 0 Å². The molecular weight excluding hydrogens is 76.1 g/mol. The Morgan fingerprint density at radius 1 is 1.67 bits per heavy atom. The smallest absolute Gasteiger partial charge is 0.0905 e. The van der Waals surface area contributed by atoms with Crippen LogP contribution in [0.25, 0.3) is 0 Å². The van der Waals surface area contributed by atoms with E-state index in [2.05, 4.69) is 13.2 Å². The van der Waals surface area contributed by atoms with E-state index in [1.54, 1.807) is 6.07 Å². The molecule has 0 saturated carbocycles. The summed E-state index contributed by atoms with van der Waals surface area (Å²) in [5.74, 6) is 0. The zero-order chi connectivity index (χ0) is 5.41. The van der Waals surface area contributed by atoms with Gasteiger partial charge >= 0.3 is 0 Å². The predicted molar refractivity (Wildman–Crippen MR) is 22.5 cm³/mol. The van der Waals surface area contributed by atoms with E-state index in [1.165, 1.54) is 6.08 Å². The van der Waals surface area contributed by atoms with Crippen LogP contribution in [0.15, 0.2) is 12.7 Å². The molecule has 0 aliphatic carbocycles. The molecule has 0 fully saturated rings. The summed E-state index contributed by atoms with van der Waals surface area (Å²) < 4.78 is 0. The van der Waals surface area contributed by atoms with E-state index < -0.39 is 0 Å². The molecule has 0 aromatic heterocycles. The minimum atomic E-state index is 1.18. The Morgan fingerprint density at radius 2 is 1.83 bits per heavy atom. The van der Waals surface area contributed by atoms with Crippen LogP contribution in [0.4, 0.5) is 0 Å². The van der Waals surface area contributed by atoms with Gasteiger partial charge in [0.25, 0.3) is 0 Å². The van der Waals surface area contributed by atoms with Crippen LogP contribution in [-0.2, 0) is 0 Å². The summed E-state index contributed by atoms with van der Waals surface area (Å²) in [5.41, 5.74) is 0. The average Bonchev–Trinajstić information content (AvgIpc) is 1.72. The summed E-state index contributed by atoms with van der Waals surface area (Å²) in [4.78, 5) is 0. The van der Waals surface area contributed by atoms with Gasteiger partial charge in [0.1, 0.15) is 0 Å². The van der Waals surface area contributed by atoms with Gasteiger partial charge in [0.15, 0.2) is 0 Å². The van der Waals surface area contributed by atoms with Crippen molar-refractivity contribution in [3.8, 4) is 12.6 Å². The average molecular weight is 80.1 g/mol. The van der Waals surface area contributed by atoms with Crippen molar-refractivity contribution in [1.82, 2.24) is 0 Å². The molecule has 0 bridgehead atoms. The molecule has 0 aromatic carbocycles. The summed E-state index contributed by atoms with van der Waals surface area (Å²) in [6, 6.07) is 1.69. The van der Waals surface area contributed by atoms with Crippen LogP contribution < -0.4 is 0 Å². The van der Waals surface area contributed by atoms with Crippen LogP contribution in [0.1, 0.15) is 0 Å². The van der Waals surface area contributed by atoms with Gasteiger partial charge < -0.3 is 0 Å². The molecule has 0 unspecified atom stereocenters. The van der Waals surface area contributed by atoms with E-state index in [4.69, 9.17) is 10.5 Å². The minimum Gasteiger partial charge on any atom is -0.202 e. The van der Waals surface area contributed by atoms with E-state index in [9.17, 15) is 0 Å². The maximum absolute atomic E-state index is 7.51. The Hall–Kier alpha value is -1.28. The van der Waals surface area contributed by atoms with Crippen molar-refractivity contribution >= 4 is 0 Å². The van der Waals surface area contributed by atoms with Crippen molar-refractivity contribution in [2.75, 3.05) is 0 Å². The highest BCUT2D eigenvalue weighted by Gasteiger charge is 1.34. The second-order valence-electron chi connectivity index (χ2n) is 0.333. The Balaban J connectivity index is 0. The number of nitriles is 2. The van der Waals surface area contributed by atoms with Crippen molar-refractivity contribution in [3.05, 3.63) is 12.7 Å². The van der Waals surface area contributed by atoms with Gasteiger partial charge in [0, 0.05) is 12.6 Å². The molecule has 30 valence electrons. The summed E-state index contributed by atoms with van der Waals surface area (Å²) in [6.45, 7) is 6.62. The second-order valence-corrected chi connectivity index (χ2v) is 0.333. The fraction of sp³-hybridized carbons (Fsp3) is 0. The quantitative estimate of drug-likeness (QED) is 0.405. The highest BCUT2D eigenvalue weighted by atomic mass is 14.2. The molecule has 2 nitrogen and oxygen atoms in total. The SMILES string of the molecule is C#N.C=CC#N. The van der Waals surface area contributed by atoms with Gasteiger partial charge in [-0.3, -0.25) is 0 Å². The highest BCUT2D eigenvalue weighted by molar-refractivity contribution is 4.93. The molecule has 0 spiro atoms. The van der Waals surface area contributed by atoms with Crippen molar-refractivity contribution in [3.63, 3.8) is 0 Å². The van der Waals surface area contributed by atoms with E-state index in [0.717, 1.165) is 0 Å². The van der Waals surface area contributed by atoms with Crippen LogP contribution in [0, 0.1) is 23.2 Å². The number of nitrogens with zero attached hydrogens (tertiary/aromatic N) is 2. The summed E-state index contributed by atoms with van der Waals surface area (Å²) in [5, 5.41) is 14.0. The number of allylic oxidation sites excluding steroid dienone is 1. The van der Waals surface area contributed by atoms with Crippen molar-refractivity contribution in [2.45, 2.75) is 0 Å². The summed E-state index contributed by atoms with van der Waals surface area (Å²) in [6.07, 6.45) is 1.18. The lowest BCUT2D eigenvalue weighted by molar-refractivity contribution is 1.54. The lowest BCUT2D eigenvalue weighted by Gasteiger charge is -1.31. The van der Waals surface area contributed by atoms with Crippen LogP contribution in [0.3, 0.4) is 0 Å². The van der Waals surface area contributed by atoms with E-state index in [-0.39, 0.29) is 0 Å². The highest BCUT2D eigenvalue weighted by Crippen LogP contribution is 1.41. The predicted octanol–water partition coefficient (Wildman–Crippen LogP) is 0.836. The number of rotatable bonds is 0. The Morgan fingerprint density at radius 3 is 1.83 bits per heavy atom. The van der Waals surface area contributed by atoms with Gasteiger partial charge in [0.05, 0.1) is 6.07 Å². The molecule has 0 saturated heterocycles. The molecule has 2 heteroatoms. The van der Waals surface area contributed by atoms with Gasteiger partial charge in [-0.05, 0) is 0 Å². The third-order valence-corrected chi connectivity index (χ3v) is 0.0913. The van der Waals surface area contributed by atoms with Crippen LogP contribution in [0.2, 0.25) is 0 Å². The molecule has 0 aliphatic rings. The Kier molecular flexibility index (Phi) is 78.1. The summed E-state index contributed by atoms with van der Waals surface area (Å²) >= 11 is 0. The monoisotopic (exact) mass is 80.0 g/mol. The van der Waals surface area contributed by atoms with Crippen molar-refractivity contribution < 1.29 is 0 Å². The number of hydrogen-bond acceptors (Lipinski definition) is 2. The van der Waals surface area contributed by atoms with E-state index >= 15 is 0 Å². The normalized spacial score (nSPS) is 2.83. The molecule has 6 heavy (non-hydrogen) atoms. The first kappa shape index (κ1) is 8.83. The zero-order valence-electron chi connectivity index (χ0n) is 3.26. The Bertz CT molecular complexity index is 75.3. The molecule has 0 rings (SSSR count). The molecule has 0 amide bonds. The van der Waals surface area contributed by atoms with Crippen LogP contribution in [0.5, 0.6) is 0 Å². The molecule has 0 radical (unpaired) electrons. The lowest BCUT2D eigenvalue weighted by atomic mass is 10.8. The lowest BCUT2D eigenvalue weighted by Crippen LogP contribution is -1.23. The topological polar surface area (TPSA) is 47.6 Å². The molecule has 0 atom stereocenters. The van der Waals surface area contributed by atoms with Gasteiger partial charge in [-0.1, -0.05) is 6.58 Å². The minimum absolute atomic E-state index is 1.18. The zero-order valence-corrected chi connectivity index (χ0v) is 3.26. The Labute approximate surface area is 36.9 Å². The maximum Gasteiger partial charge on any atom is 0.0905 e. The van der Waals surface area contributed by atoms with E-state index in [0.29, 0.717) is 0 Å². The van der Waals surface area contributed by atoms with Gasteiger partial charge in [-0.25, -0.2) is 5.26 Å². The summed E-state index contributed by atoms with van der Waals surface area (Å²) in [7, 11) is 0. The first-order chi connectivity index (χ1) is 2.91. The van der Waals surface area contributed by atoms with Crippen LogP contribution in [-0.4, -0.2) is 0 Å².